The second-order valence-corrected chi connectivity index (χ2v) is 4.16. The highest BCUT2D eigenvalue weighted by Gasteiger charge is 2.09. The highest BCUT2D eigenvalue weighted by molar-refractivity contribution is 5.91. The van der Waals surface area contributed by atoms with E-state index in [9.17, 15) is 9.18 Å². The fourth-order valence-electron chi connectivity index (χ4n) is 1.73. The number of carbonyl (C=O) groups is 1. The number of hydrogen-bond acceptors (Lipinski definition) is 3. The molecule has 0 aromatic heterocycles. The second kappa shape index (κ2) is 4.97. The number of carboxylic acid groups (broad SMARTS) is 1. The third-order valence-electron chi connectivity index (χ3n) is 2.78. The first kappa shape index (κ1) is 12.9. The molecule has 0 spiro atoms. The lowest BCUT2D eigenvalue weighted by atomic mass is 10.1. The maximum absolute atomic E-state index is 13.7. The van der Waals surface area contributed by atoms with Gasteiger partial charge in [0.2, 0.25) is 0 Å². The van der Waals surface area contributed by atoms with Crippen LogP contribution in [0.25, 0.3) is 0 Å². The summed E-state index contributed by atoms with van der Waals surface area (Å²) >= 11 is 0. The maximum Gasteiger partial charge on any atom is 0.335 e. The van der Waals surface area contributed by atoms with Gasteiger partial charge in [-0.1, -0.05) is 12.1 Å². The van der Waals surface area contributed by atoms with Crippen molar-refractivity contribution < 1.29 is 14.3 Å². The molecule has 0 aliphatic rings. The van der Waals surface area contributed by atoms with Gasteiger partial charge in [0.25, 0.3) is 0 Å². The SMILES string of the molecule is Cc1cccc(F)c1Nc1ccc(C(=O)O)cc1N. The molecule has 2 aromatic rings. The van der Waals surface area contributed by atoms with E-state index in [1.54, 1.807) is 19.1 Å². The van der Waals surface area contributed by atoms with Crippen molar-refractivity contribution in [2.75, 3.05) is 11.1 Å². The normalized spacial score (nSPS) is 10.2. The first-order valence-corrected chi connectivity index (χ1v) is 5.64. The van der Waals surface area contributed by atoms with Gasteiger partial charge in [-0.25, -0.2) is 9.18 Å². The maximum atomic E-state index is 13.7. The molecule has 2 rings (SSSR count). The van der Waals surface area contributed by atoms with Crippen LogP contribution >= 0.6 is 0 Å². The van der Waals surface area contributed by atoms with E-state index in [0.717, 1.165) is 5.56 Å². The number of carboxylic acids is 1. The van der Waals surface area contributed by atoms with Crippen LogP contribution in [-0.2, 0) is 0 Å². The van der Waals surface area contributed by atoms with Crippen molar-refractivity contribution >= 4 is 23.0 Å². The van der Waals surface area contributed by atoms with Crippen LogP contribution in [0.5, 0.6) is 0 Å². The van der Waals surface area contributed by atoms with Crippen LogP contribution in [0.1, 0.15) is 15.9 Å². The number of aromatic carboxylic acids is 1. The van der Waals surface area contributed by atoms with Gasteiger partial charge in [-0.15, -0.1) is 0 Å². The van der Waals surface area contributed by atoms with E-state index in [-0.39, 0.29) is 17.1 Å². The Bertz CT molecular complexity index is 621. The van der Waals surface area contributed by atoms with E-state index in [1.165, 1.54) is 24.3 Å². The third-order valence-corrected chi connectivity index (χ3v) is 2.78. The molecule has 4 nitrogen and oxygen atoms in total. The summed E-state index contributed by atoms with van der Waals surface area (Å²) in [5.41, 5.74) is 7.64. The van der Waals surface area contributed by atoms with Crippen molar-refractivity contribution in [3.63, 3.8) is 0 Å². The summed E-state index contributed by atoms with van der Waals surface area (Å²) in [4.78, 5) is 10.8. The Labute approximate surface area is 109 Å². The zero-order valence-corrected chi connectivity index (χ0v) is 10.3. The second-order valence-electron chi connectivity index (χ2n) is 4.16. The van der Waals surface area contributed by atoms with Crippen LogP contribution in [0, 0.1) is 12.7 Å². The molecule has 19 heavy (non-hydrogen) atoms. The number of para-hydroxylation sites is 1. The van der Waals surface area contributed by atoms with Crippen molar-refractivity contribution in [1.29, 1.82) is 0 Å². The first-order valence-electron chi connectivity index (χ1n) is 5.64. The minimum atomic E-state index is -1.06. The lowest BCUT2D eigenvalue weighted by molar-refractivity contribution is 0.0697. The van der Waals surface area contributed by atoms with E-state index < -0.39 is 5.97 Å². The number of nitrogen functional groups attached to an aromatic ring is 1. The predicted molar refractivity (Wildman–Crippen MR) is 72.2 cm³/mol. The van der Waals surface area contributed by atoms with Crippen molar-refractivity contribution in [3.05, 3.63) is 53.3 Å². The molecule has 0 unspecified atom stereocenters. The van der Waals surface area contributed by atoms with Crippen molar-refractivity contribution in [1.82, 2.24) is 0 Å². The topological polar surface area (TPSA) is 75.3 Å². The summed E-state index contributed by atoms with van der Waals surface area (Å²) in [6, 6.07) is 9.00. The Morgan fingerprint density at radius 3 is 2.63 bits per heavy atom. The van der Waals surface area contributed by atoms with Crippen molar-refractivity contribution in [2.24, 2.45) is 0 Å². The minimum absolute atomic E-state index is 0.0910. The average Bonchev–Trinajstić information content (AvgIpc) is 2.35. The molecule has 0 aliphatic carbocycles. The van der Waals surface area contributed by atoms with Crippen LogP contribution in [0.4, 0.5) is 21.5 Å². The Morgan fingerprint density at radius 2 is 2.05 bits per heavy atom. The summed E-state index contributed by atoms with van der Waals surface area (Å²) in [5.74, 6) is -1.44. The molecule has 0 aliphatic heterocycles. The van der Waals surface area contributed by atoms with E-state index in [2.05, 4.69) is 5.32 Å². The van der Waals surface area contributed by atoms with E-state index >= 15 is 0 Å². The zero-order valence-electron chi connectivity index (χ0n) is 10.3. The monoisotopic (exact) mass is 260 g/mol. The Kier molecular flexibility index (Phi) is 3.37. The fraction of sp³-hybridized carbons (Fsp3) is 0.0714. The van der Waals surface area contributed by atoms with Gasteiger partial charge < -0.3 is 16.2 Å². The highest BCUT2D eigenvalue weighted by Crippen LogP contribution is 2.28. The van der Waals surface area contributed by atoms with Gasteiger partial charge in [0.1, 0.15) is 5.82 Å². The summed E-state index contributed by atoms with van der Waals surface area (Å²) in [7, 11) is 0. The van der Waals surface area contributed by atoms with Crippen LogP contribution in [0.2, 0.25) is 0 Å². The number of nitrogens with two attached hydrogens (primary N) is 1. The van der Waals surface area contributed by atoms with Gasteiger partial charge in [-0.3, -0.25) is 0 Å². The van der Waals surface area contributed by atoms with Crippen molar-refractivity contribution in [3.8, 4) is 0 Å². The molecule has 0 radical (unpaired) electrons. The molecule has 0 saturated carbocycles. The fourth-order valence-corrected chi connectivity index (χ4v) is 1.73. The average molecular weight is 260 g/mol. The number of halogens is 1. The predicted octanol–water partition coefficient (Wildman–Crippen LogP) is 3.16. The van der Waals surface area contributed by atoms with E-state index in [0.29, 0.717) is 11.4 Å². The summed E-state index contributed by atoms with van der Waals surface area (Å²) in [5, 5.41) is 11.7. The van der Waals surface area contributed by atoms with Crippen LogP contribution in [0.3, 0.4) is 0 Å². The Morgan fingerprint density at radius 1 is 1.32 bits per heavy atom. The molecule has 0 bridgehead atoms. The standard InChI is InChI=1S/C14H13FN2O2/c1-8-3-2-4-10(15)13(8)17-12-6-5-9(14(18)19)7-11(12)16/h2-7,17H,16H2,1H3,(H,18,19). The highest BCUT2D eigenvalue weighted by atomic mass is 19.1. The van der Waals surface area contributed by atoms with Crippen molar-refractivity contribution in [2.45, 2.75) is 6.92 Å². The molecule has 0 fully saturated rings. The third kappa shape index (κ3) is 2.65. The number of rotatable bonds is 3. The van der Waals surface area contributed by atoms with Crippen LogP contribution in [-0.4, -0.2) is 11.1 Å². The largest absolute Gasteiger partial charge is 0.478 e. The van der Waals surface area contributed by atoms with Gasteiger partial charge in [0, 0.05) is 0 Å². The van der Waals surface area contributed by atoms with E-state index in [1.807, 2.05) is 0 Å². The van der Waals surface area contributed by atoms with Crippen LogP contribution in [0.15, 0.2) is 36.4 Å². The van der Waals surface area contributed by atoms with Crippen LogP contribution < -0.4 is 11.1 Å². The smallest absolute Gasteiger partial charge is 0.335 e. The van der Waals surface area contributed by atoms with Gasteiger partial charge in [0.15, 0.2) is 0 Å². The van der Waals surface area contributed by atoms with Gasteiger partial charge in [-0.05, 0) is 36.8 Å². The quantitative estimate of drug-likeness (QED) is 0.741. The molecule has 2 aromatic carbocycles. The minimum Gasteiger partial charge on any atom is -0.478 e. The molecule has 0 amide bonds. The number of aryl methyl sites for hydroxylation is 1. The lowest BCUT2D eigenvalue weighted by Crippen LogP contribution is -2.03. The number of anilines is 3. The number of nitrogens with one attached hydrogen (secondary N) is 1. The van der Waals surface area contributed by atoms with Gasteiger partial charge >= 0.3 is 5.97 Å². The molecule has 5 heteroatoms. The van der Waals surface area contributed by atoms with Gasteiger partial charge in [0.05, 0.1) is 22.6 Å². The molecule has 98 valence electrons. The Balaban J connectivity index is 2.36. The molecule has 0 atom stereocenters. The summed E-state index contributed by atoms with van der Waals surface area (Å²) < 4.78 is 13.7. The Hall–Kier alpha value is -2.56. The molecular weight excluding hydrogens is 247 g/mol. The lowest BCUT2D eigenvalue weighted by Gasteiger charge is -2.13. The first-order chi connectivity index (χ1) is 8.99. The molecule has 0 heterocycles. The zero-order chi connectivity index (χ0) is 14.0. The molecule has 0 saturated heterocycles. The number of benzene rings is 2. The molecule has 4 N–H and O–H groups in total. The molecular formula is C14H13FN2O2. The van der Waals surface area contributed by atoms with E-state index in [4.69, 9.17) is 10.8 Å². The number of hydrogen-bond donors (Lipinski definition) is 3. The summed E-state index contributed by atoms with van der Waals surface area (Å²) in [6.45, 7) is 1.77. The summed E-state index contributed by atoms with van der Waals surface area (Å²) in [6.07, 6.45) is 0. The van der Waals surface area contributed by atoms with Gasteiger partial charge in [-0.2, -0.15) is 0 Å².